The highest BCUT2D eigenvalue weighted by molar-refractivity contribution is 7.88. The summed E-state index contributed by atoms with van der Waals surface area (Å²) in [5.41, 5.74) is 1.31. The van der Waals surface area contributed by atoms with Crippen LogP contribution in [-0.2, 0) is 14.8 Å². The number of hydrogen-bond donors (Lipinski definition) is 2. The average Bonchev–Trinajstić information content (AvgIpc) is 3.08. The number of aromatic nitrogens is 1. The molecule has 7 nitrogen and oxygen atoms in total. The third kappa shape index (κ3) is 5.25. The molecule has 0 saturated heterocycles. The molecule has 27 heavy (non-hydrogen) atoms. The topological polar surface area (TPSA) is 97.4 Å². The predicted molar refractivity (Wildman–Crippen MR) is 107 cm³/mol. The Bertz CT molecular complexity index is 1050. The summed E-state index contributed by atoms with van der Waals surface area (Å²) in [6.45, 7) is 0. The zero-order valence-electron chi connectivity index (χ0n) is 14.8. The lowest BCUT2D eigenvalue weighted by atomic mass is 10.0. The van der Waals surface area contributed by atoms with Gasteiger partial charge in [0.2, 0.25) is 15.9 Å². The number of amides is 1. The first-order valence-electron chi connectivity index (χ1n) is 8.09. The SMILES string of the molecule is COc1ccc([C@H](CC(=O)Nc2ccc3sncc3c2)NS(C)(=O)=O)cc1. The van der Waals surface area contributed by atoms with E-state index in [0.29, 0.717) is 17.0 Å². The highest BCUT2D eigenvalue weighted by Crippen LogP contribution is 2.24. The Morgan fingerprint density at radius 2 is 1.96 bits per heavy atom. The molecule has 2 N–H and O–H groups in total. The summed E-state index contributed by atoms with van der Waals surface area (Å²) in [5, 5.41) is 3.75. The largest absolute Gasteiger partial charge is 0.497 e. The molecule has 1 heterocycles. The van der Waals surface area contributed by atoms with Crippen LogP contribution in [0.5, 0.6) is 5.75 Å². The predicted octanol–water partition coefficient (Wildman–Crippen LogP) is 2.92. The third-order valence-corrected chi connectivity index (χ3v) is 5.39. The summed E-state index contributed by atoms with van der Waals surface area (Å²) in [6, 6.07) is 11.8. The van der Waals surface area contributed by atoms with E-state index in [-0.39, 0.29) is 12.3 Å². The summed E-state index contributed by atoms with van der Waals surface area (Å²) < 4.78 is 36.2. The van der Waals surface area contributed by atoms with Crippen LogP contribution in [0.2, 0.25) is 0 Å². The second-order valence-electron chi connectivity index (χ2n) is 6.05. The second kappa shape index (κ2) is 8.03. The van der Waals surface area contributed by atoms with Crippen molar-refractivity contribution in [1.82, 2.24) is 9.10 Å². The molecular formula is C18H19N3O4S2. The maximum absolute atomic E-state index is 12.5. The Hall–Kier alpha value is -2.49. The van der Waals surface area contributed by atoms with Crippen LogP contribution in [0.4, 0.5) is 5.69 Å². The van der Waals surface area contributed by atoms with E-state index in [4.69, 9.17) is 4.74 Å². The number of hydrogen-bond acceptors (Lipinski definition) is 6. The van der Waals surface area contributed by atoms with Crippen LogP contribution < -0.4 is 14.8 Å². The van der Waals surface area contributed by atoms with Gasteiger partial charge in [0.15, 0.2) is 0 Å². The van der Waals surface area contributed by atoms with Gasteiger partial charge in [0, 0.05) is 23.7 Å². The van der Waals surface area contributed by atoms with Gasteiger partial charge in [-0.3, -0.25) is 4.79 Å². The molecule has 0 fully saturated rings. The van der Waals surface area contributed by atoms with Crippen LogP contribution in [-0.4, -0.2) is 32.1 Å². The van der Waals surface area contributed by atoms with Crippen molar-refractivity contribution in [3.8, 4) is 5.75 Å². The van der Waals surface area contributed by atoms with Crippen LogP contribution >= 0.6 is 11.5 Å². The number of carbonyl (C=O) groups is 1. The van der Waals surface area contributed by atoms with Crippen molar-refractivity contribution < 1.29 is 17.9 Å². The van der Waals surface area contributed by atoms with Gasteiger partial charge < -0.3 is 10.1 Å². The van der Waals surface area contributed by atoms with Gasteiger partial charge in [0.1, 0.15) is 5.75 Å². The molecule has 3 aromatic rings. The van der Waals surface area contributed by atoms with E-state index in [2.05, 4.69) is 14.4 Å². The van der Waals surface area contributed by atoms with E-state index < -0.39 is 16.1 Å². The van der Waals surface area contributed by atoms with E-state index in [1.165, 1.54) is 11.5 Å². The molecule has 2 aromatic carbocycles. The van der Waals surface area contributed by atoms with Crippen molar-refractivity contribution in [2.75, 3.05) is 18.7 Å². The number of ether oxygens (including phenoxy) is 1. The summed E-state index contributed by atoms with van der Waals surface area (Å²) in [6.07, 6.45) is 2.76. The van der Waals surface area contributed by atoms with Crippen LogP contribution in [0, 0.1) is 0 Å². The third-order valence-electron chi connectivity index (χ3n) is 3.90. The maximum atomic E-state index is 12.5. The van der Waals surface area contributed by atoms with Gasteiger partial charge in [-0.25, -0.2) is 13.1 Å². The van der Waals surface area contributed by atoms with Gasteiger partial charge in [0.25, 0.3) is 0 Å². The Morgan fingerprint density at radius 1 is 1.22 bits per heavy atom. The first-order chi connectivity index (χ1) is 12.8. The number of nitrogens with zero attached hydrogens (tertiary/aromatic N) is 1. The molecule has 0 aliphatic carbocycles. The van der Waals surface area contributed by atoms with Crippen molar-refractivity contribution in [2.45, 2.75) is 12.5 Å². The smallest absolute Gasteiger partial charge is 0.226 e. The van der Waals surface area contributed by atoms with Crippen LogP contribution in [0.3, 0.4) is 0 Å². The number of methoxy groups -OCH3 is 1. The highest BCUT2D eigenvalue weighted by Gasteiger charge is 2.20. The van der Waals surface area contributed by atoms with Gasteiger partial charge >= 0.3 is 0 Å². The molecule has 0 saturated carbocycles. The molecule has 0 spiro atoms. The van der Waals surface area contributed by atoms with Gasteiger partial charge in [-0.2, -0.15) is 4.37 Å². The minimum Gasteiger partial charge on any atom is -0.497 e. The van der Waals surface area contributed by atoms with Gasteiger partial charge in [-0.05, 0) is 47.4 Å². The molecule has 1 aromatic heterocycles. The van der Waals surface area contributed by atoms with E-state index in [1.807, 2.05) is 12.1 Å². The molecule has 0 bridgehead atoms. The van der Waals surface area contributed by atoms with Crippen LogP contribution in [0.1, 0.15) is 18.0 Å². The molecule has 0 radical (unpaired) electrons. The summed E-state index contributed by atoms with van der Waals surface area (Å²) in [4.78, 5) is 12.5. The zero-order valence-corrected chi connectivity index (χ0v) is 16.4. The minimum atomic E-state index is -3.50. The van der Waals surface area contributed by atoms with Gasteiger partial charge in [0.05, 0.1) is 24.1 Å². The molecule has 0 aliphatic heterocycles. The number of rotatable bonds is 7. The van der Waals surface area contributed by atoms with Crippen molar-refractivity contribution in [3.63, 3.8) is 0 Å². The summed E-state index contributed by atoms with van der Waals surface area (Å²) in [5.74, 6) is 0.355. The molecule has 9 heteroatoms. The minimum absolute atomic E-state index is 0.0423. The fraction of sp³-hybridized carbons (Fsp3) is 0.222. The van der Waals surface area contributed by atoms with Crippen LogP contribution in [0.25, 0.3) is 10.1 Å². The van der Waals surface area contributed by atoms with Crippen molar-refractivity contribution in [1.29, 1.82) is 0 Å². The van der Waals surface area contributed by atoms with Crippen LogP contribution in [0.15, 0.2) is 48.7 Å². The molecular weight excluding hydrogens is 386 g/mol. The van der Waals surface area contributed by atoms with E-state index in [1.54, 1.807) is 43.6 Å². The molecule has 1 atom stereocenters. The fourth-order valence-corrected chi connectivity index (χ4v) is 4.03. The maximum Gasteiger partial charge on any atom is 0.226 e. The lowest BCUT2D eigenvalue weighted by Gasteiger charge is -2.18. The second-order valence-corrected chi connectivity index (χ2v) is 8.66. The number of fused-ring (bicyclic) bond motifs is 1. The number of sulfonamides is 1. The lowest BCUT2D eigenvalue weighted by molar-refractivity contribution is -0.116. The van der Waals surface area contributed by atoms with Crippen molar-refractivity contribution in [2.24, 2.45) is 0 Å². The standard InChI is InChI=1S/C18H19N3O4S2/c1-25-15-6-3-12(4-7-15)16(21-27(2,23)24)10-18(22)20-14-5-8-17-13(9-14)11-19-26-17/h3-9,11,16,21H,10H2,1-2H3,(H,20,22)/t16-/m0/s1. The quantitative estimate of drug-likeness (QED) is 0.630. The molecule has 1 amide bonds. The first kappa shape index (κ1) is 19.3. The summed E-state index contributed by atoms with van der Waals surface area (Å²) in [7, 11) is -1.94. The molecule has 3 rings (SSSR count). The first-order valence-corrected chi connectivity index (χ1v) is 10.8. The molecule has 142 valence electrons. The summed E-state index contributed by atoms with van der Waals surface area (Å²) >= 11 is 1.38. The van der Waals surface area contributed by atoms with Crippen molar-refractivity contribution in [3.05, 3.63) is 54.2 Å². The Kier molecular flexibility index (Phi) is 5.73. The highest BCUT2D eigenvalue weighted by atomic mass is 32.2. The number of benzene rings is 2. The number of anilines is 1. The van der Waals surface area contributed by atoms with E-state index >= 15 is 0 Å². The van der Waals surface area contributed by atoms with Crippen molar-refractivity contribution >= 4 is 43.2 Å². The molecule has 0 aliphatic rings. The van der Waals surface area contributed by atoms with E-state index in [0.717, 1.165) is 16.3 Å². The Labute approximate surface area is 161 Å². The Balaban J connectivity index is 1.76. The van der Waals surface area contributed by atoms with Gasteiger partial charge in [-0.15, -0.1) is 0 Å². The fourth-order valence-electron chi connectivity index (χ4n) is 2.67. The average molecular weight is 406 g/mol. The zero-order chi connectivity index (χ0) is 19.4. The normalized spacial score (nSPS) is 12.7. The number of nitrogens with one attached hydrogen (secondary N) is 2. The molecule has 0 unspecified atom stereocenters. The monoisotopic (exact) mass is 405 g/mol. The Morgan fingerprint density at radius 3 is 2.63 bits per heavy atom. The van der Waals surface area contributed by atoms with Gasteiger partial charge in [-0.1, -0.05) is 12.1 Å². The van der Waals surface area contributed by atoms with E-state index in [9.17, 15) is 13.2 Å². The lowest BCUT2D eigenvalue weighted by Crippen LogP contribution is -2.30. The number of carbonyl (C=O) groups excluding carboxylic acids is 1.